The lowest BCUT2D eigenvalue weighted by Crippen LogP contribution is -2.46. The highest BCUT2D eigenvalue weighted by Crippen LogP contribution is 2.18. The van der Waals surface area contributed by atoms with Crippen molar-refractivity contribution in [3.8, 4) is 0 Å². The number of carbonyl (C=O) groups is 2. The summed E-state index contributed by atoms with van der Waals surface area (Å²) in [6.45, 7) is 6.42. The Labute approximate surface area is 317 Å². The highest BCUT2D eigenvalue weighted by atomic mass is 16.5. The third kappa shape index (κ3) is 35.4. The van der Waals surface area contributed by atoms with Gasteiger partial charge in [-0.2, -0.15) is 0 Å². The number of hydrogen-bond acceptors (Lipinski definition) is 5. The summed E-state index contributed by atoms with van der Waals surface area (Å²) < 4.78 is 5.88. The fourth-order valence-electron chi connectivity index (χ4n) is 6.88. The first-order valence-electron chi connectivity index (χ1n) is 22.4. The van der Waals surface area contributed by atoms with Crippen LogP contribution in [0, 0.1) is 0 Å². The normalized spacial score (nSPS) is 13.4. The molecule has 0 spiro atoms. The lowest BCUT2D eigenvalue weighted by molar-refractivity contribution is -0.151. The second-order valence-corrected chi connectivity index (χ2v) is 15.5. The number of aliphatic hydroxyl groups is 2. The van der Waals surface area contributed by atoms with Gasteiger partial charge in [-0.15, -0.1) is 0 Å². The summed E-state index contributed by atoms with van der Waals surface area (Å²) in [5.41, 5.74) is 0. The first-order valence-corrected chi connectivity index (χ1v) is 22.4. The van der Waals surface area contributed by atoms with Crippen molar-refractivity contribution in [2.45, 2.75) is 257 Å². The van der Waals surface area contributed by atoms with Gasteiger partial charge in [-0.1, -0.05) is 193 Å². The predicted molar refractivity (Wildman–Crippen MR) is 218 cm³/mol. The predicted octanol–water partition coefficient (Wildman–Crippen LogP) is 12.6. The van der Waals surface area contributed by atoms with E-state index in [2.05, 4.69) is 38.2 Å². The van der Waals surface area contributed by atoms with Crippen LogP contribution < -0.4 is 5.32 Å². The highest BCUT2D eigenvalue weighted by molar-refractivity contribution is 5.77. The van der Waals surface area contributed by atoms with Crippen LogP contribution in [0.1, 0.15) is 239 Å². The quantitative estimate of drug-likeness (QED) is 0.0332. The molecule has 0 rings (SSSR count). The van der Waals surface area contributed by atoms with Crippen molar-refractivity contribution in [1.29, 1.82) is 0 Å². The van der Waals surface area contributed by atoms with E-state index in [-0.39, 0.29) is 24.9 Å². The molecule has 0 aromatic rings. The summed E-state index contributed by atoms with van der Waals surface area (Å²) in [7, 11) is 0. The smallest absolute Gasteiger partial charge is 0.306 e. The maximum Gasteiger partial charge on any atom is 0.306 e. The summed E-state index contributed by atoms with van der Waals surface area (Å²) in [6.07, 6.45) is 41.2. The molecule has 3 atom stereocenters. The Morgan fingerprint density at radius 3 is 1.45 bits per heavy atom. The number of ether oxygens (including phenoxy) is 1. The summed E-state index contributed by atoms with van der Waals surface area (Å²) in [6, 6.07) is -0.693. The zero-order chi connectivity index (χ0) is 37.5. The molecule has 0 saturated heterocycles. The van der Waals surface area contributed by atoms with Gasteiger partial charge in [-0.25, -0.2) is 0 Å². The molecule has 0 aromatic heterocycles. The molecule has 6 heteroatoms. The Kier molecular flexibility index (Phi) is 38.7. The van der Waals surface area contributed by atoms with Crippen LogP contribution in [0.25, 0.3) is 0 Å². The standard InChI is InChI=1S/C45H87NO5/c1-4-7-10-13-16-19-22-25-28-31-34-37-43(48)42(40-47)46-44(49)39-41(36-33-30-27-24-21-18-15-12-9-6-3)51-45(50)38-35-32-29-26-23-20-17-14-11-8-5-2/h14,17,41-43,47-48H,4-13,15-16,18-40H2,1-3H3,(H,46,49)/b17-14-. The van der Waals surface area contributed by atoms with E-state index in [4.69, 9.17) is 4.74 Å². The molecule has 6 nitrogen and oxygen atoms in total. The van der Waals surface area contributed by atoms with E-state index in [9.17, 15) is 19.8 Å². The number of aliphatic hydroxyl groups excluding tert-OH is 2. The van der Waals surface area contributed by atoms with Crippen molar-refractivity contribution in [3.63, 3.8) is 0 Å². The third-order valence-corrected chi connectivity index (χ3v) is 10.3. The zero-order valence-electron chi connectivity index (χ0n) is 34.3. The first-order chi connectivity index (χ1) is 25.0. The minimum absolute atomic E-state index is 0.0800. The van der Waals surface area contributed by atoms with E-state index in [0.717, 1.165) is 51.4 Å². The molecule has 0 heterocycles. The summed E-state index contributed by atoms with van der Waals surface area (Å²) >= 11 is 0. The van der Waals surface area contributed by atoms with Gasteiger partial charge in [-0.05, 0) is 44.9 Å². The van der Waals surface area contributed by atoms with Gasteiger partial charge in [0.2, 0.25) is 5.91 Å². The Hall–Kier alpha value is -1.40. The first kappa shape index (κ1) is 49.6. The summed E-state index contributed by atoms with van der Waals surface area (Å²) in [4.78, 5) is 25.9. The zero-order valence-corrected chi connectivity index (χ0v) is 34.3. The Bertz CT molecular complexity index is 772. The fourth-order valence-corrected chi connectivity index (χ4v) is 6.88. The molecule has 0 aliphatic carbocycles. The minimum atomic E-state index is -0.780. The van der Waals surface area contributed by atoms with E-state index in [1.54, 1.807) is 0 Å². The maximum absolute atomic E-state index is 13.1. The van der Waals surface area contributed by atoms with Crippen molar-refractivity contribution < 1.29 is 24.5 Å². The number of hydrogen-bond donors (Lipinski definition) is 3. The molecular weight excluding hydrogens is 634 g/mol. The van der Waals surface area contributed by atoms with E-state index in [0.29, 0.717) is 19.3 Å². The van der Waals surface area contributed by atoms with Crippen LogP contribution in [0.4, 0.5) is 0 Å². The van der Waals surface area contributed by atoms with Crippen molar-refractivity contribution in [3.05, 3.63) is 12.2 Å². The maximum atomic E-state index is 13.1. The molecule has 0 aliphatic rings. The Morgan fingerprint density at radius 1 is 0.549 bits per heavy atom. The Balaban J connectivity index is 4.55. The minimum Gasteiger partial charge on any atom is -0.462 e. The average Bonchev–Trinajstić information content (AvgIpc) is 3.12. The van der Waals surface area contributed by atoms with Crippen LogP contribution in [0.15, 0.2) is 12.2 Å². The Morgan fingerprint density at radius 2 is 0.961 bits per heavy atom. The topological polar surface area (TPSA) is 95.9 Å². The number of nitrogens with one attached hydrogen (secondary N) is 1. The number of allylic oxidation sites excluding steroid dienone is 2. The molecule has 0 fully saturated rings. The van der Waals surface area contributed by atoms with Gasteiger partial charge in [0.25, 0.3) is 0 Å². The van der Waals surface area contributed by atoms with Crippen molar-refractivity contribution in [2.24, 2.45) is 0 Å². The van der Waals surface area contributed by atoms with Gasteiger partial charge < -0.3 is 20.3 Å². The molecule has 0 radical (unpaired) electrons. The number of unbranched alkanes of at least 4 members (excludes halogenated alkanes) is 26. The van der Waals surface area contributed by atoms with Crippen molar-refractivity contribution in [2.75, 3.05) is 6.61 Å². The molecule has 3 N–H and O–H groups in total. The third-order valence-electron chi connectivity index (χ3n) is 10.3. The molecule has 302 valence electrons. The molecule has 0 aromatic carbocycles. The molecular formula is C45H87NO5. The van der Waals surface area contributed by atoms with Crippen LogP contribution >= 0.6 is 0 Å². The molecule has 0 bridgehead atoms. The van der Waals surface area contributed by atoms with Gasteiger partial charge in [0.1, 0.15) is 6.10 Å². The van der Waals surface area contributed by atoms with Crippen LogP contribution in [0.2, 0.25) is 0 Å². The summed E-state index contributed by atoms with van der Waals surface area (Å²) in [5, 5.41) is 23.6. The number of rotatable bonds is 40. The van der Waals surface area contributed by atoms with Gasteiger partial charge in [-0.3, -0.25) is 9.59 Å². The number of amides is 1. The molecule has 0 saturated carbocycles. The van der Waals surface area contributed by atoms with Crippen molar-refractivity contribution in [1.82, 2.24) is 5.32 Å². The molecule has 1 amide bonds. The lowest BCUT2D eigenvalue weighted by Gasteiger charge is -2.24. The van der Waals surface area contributed by atoms with Gasteiger partial charge in [0.15, 0.2) is 0 Å². The number of esters is 1. The van der Waals surface area contributed by atoms with Crippen molar-refractivity contribution >= 4 is 11.9 Å². The van der Waals surface area contributed by atoms with E-state index in [1.165, 1.54) is 141 Å². The fraction of sp³-hybridized carbons (Fsp3) is 0.911. The lowest BCUT2D eigenvalue weighted by atomic mass is 10.0. The SMILES string of the molecule is CCCC/C=C\CCCCCCCC(=O)OC(CCCCCCCCCCCC)CC(=O)NC(CO)C(O)CCCCCCCCCCCCC. The van der Waals surface area contributed by atoms with Crippen LogP contribution in [0.3, 0.4) is 0 Å². The summed E-state index contributed by atoms with van der Waals surface area (Å²) in [5.74, 6) is -0.477. The van der Waals surface area contributed by atoms with Gasteiger partial charge in [0, 0.05) is 6.42 Å². The van der Waals surface area contributed by atoms with Crippen LogP contribution in [-0.2, 0) is 14.3 Å². The van der Waals surface area contributed by atoms with E-state index >= 15 is 0 Å². The molecule has 0 aliphatic heterocycles. The van der Waals surface area contributed by atoms with E-state index in [1.807, 2.05) is 0 Å². The second-order valence-electron chi connectivity index (χ2n) is 15.5. The van der Waals surface area contributed by atoms with E-state index < -0.39 is 18.2 Å². The van der Waals surface area contributed by atoms with Crippen LogP contribution in [0.5, 0.6) is 0 Å². The highest BCUT2D eigenvalue weighted by Gasteiger charge is 2.24. The van der Waals surface area contributed by atoms with Gasteiger partial charge in [0.05, 0.1) is 25.2 Å². The second kappa shape index (κ2) is 39.8. The average molecular weight is 722 g/mol. The molecule has 3 unspecified atom stereocenters. The molecule has 51 heavy (non-hydrogen) atoms. The largest absolute Gasteiger partial charge is 0.462 e. The van der Waals surface area contributed by atoms with Crippen LogP contribution in [-0.4, -0.2) is 46.9 Å². The van der Waals surface area contributed by atoms with Gasteiger partial charge >= 0.3 is 5.97 Å². The number of carbonyl (C=O) groups excluding carboxylic acids is 2. The monoisotopic (exact) mass is 722 g/mol.